The summed E-state index contributed by atoms with van der Waals surface area (Å²) in [5.41, 5.74) is 1.33. The number of nitrogens with zero attached hydrogens (tertiary/aromatic N) is 3. The van der Waals surface area contributed by atoms with Gasteiger partial charge in [-0.05, 0) is 42.5 Å². The van der Waals surface area contributed by atoms with Crippen molar-refractivity contribution in [2.45, 2.75) is 12.1 Å². The minimum Gasteiger partial charge on any atom is -0.458 e. The first kappa shape index (κ1) is 21.8. The Kier molecular flexibility index (Phi) is 5.12. The zero-order valence-corrected chi connectivity index (χ0v) is 18.8. The summed E-state index contributed by atoms with van der Waals surface area (Å²) in [6.45, 7) is 0. The van der Waals surface area contributed by atoms with E-state index in [0.717, 1.165) is 4.90 Å². The summed E-state index contributed by atoms with van der Waals surface area (Å²) in [5, 5.41) is 13.1. The van der Waals surface area contributed by atoms with E-state index < -0.39 is 34.8 Å². The van der Waals surface area contributed by atoms with Crippen LogP contribution in [0.2, 0.25) is 0 Å². The number of fused-ring (bicyclic) bond motifs is 1. The summed E-state index contributed by atoms with van der Waals surface area (Å²) in [4.78, 5) is 45.3. The molecule has 0 radical (unpaired) electrons. The SMILES string of the molecule is O=C1[C@@H]2[C@@H](c3ccc(-c4ccccc4[N+](=O)[O-])o3)N(c3ccccc3)O[C@H]2C(=O)N1c1ccccc1. The van der Waals surface area contributed by atoms with Gasteiger partial charge in [-0.3, -0.25) is 24.5 Å². The number of hydrogen-bond acceptors (Lipinski definition) is 7. The van der Waals surface area contributed by atoms with Gasteiger partial charge >= 0.3 is 0 Å². The first-order chi connectivity index (χ1) is 17.5. The molecule has 2 aliphatic rings. The van der Waals surface area contributed by atoms with Gasteiger partial charge in [0, 0.05) is 6.07 Å². The Hall–Kier alpha value is -4.76. The fourth-order valence-corrected chi connectivity index (χ4v) is 4.83. The van der Waals surface area contributed by atoms with Crippen LogP contribution in [0.4, 0.5) is 17.1 Å². The highest BCUT2D eigenvalue weighted by atomic mass is 16.7. The van der Waals surface area contributed by atoms with Gasteiger partial charge in [0.05, 0.1) is 21.9 Å². The highest BCUT2D eigenvalue weighted by molar-refractivity contribution is 6.23. The van der Waals surface area contributed by atoms with Crippen LogP contribution in [0.3, 0.4) is 0 Å². The highest BCUT2D eigenvalue weighted by Gasteiger charge is 2.61. The van der Waals surface area contributed by atoms with E-state index in [2.05, 4.69) is 0 Å². The number of carbonyl (C=O) groups is 2. The van der Waals surface area contributed by atoms with E-state index in [1.807, 2.05) is 30.3 Å². The molecular weight excluding hydrogens is 462 g/mol. The first-order valence-electron chi connectivity index (χ1n) is 11.3. The summed E-state index contributed by atoms with van der Waals surface area (Å²) in [6, 6.07) is 26.6. The second-order valence-corrected chi connectivity index (χ2v) is 8.48. The summed E-state index contributed by atoms with van der Waals surface area (Å²) in [7, 11) is 0. The Morgan fingerprint density at radius 3 is 2.08 bits per heavy atom. The number of imide groups is 1. The van der Waals surface area contributed by atoms with Crippen LogP contribution in [0.15, 0.2) is 101 Å². The average Bonchev–Trinajstić information content (AvgIpc) is 3.60. The van der Waals surface area contributed by atoms with Gasteiger partial charge in [-0.2, -0.15) is 0 Å². The molecule has 9 heteroatoms. The quantitative estimate of drug-likeness (QED) is 0.227. The predicted molar refractivity (Wildman–Crippen MR) is 130 cm³/mol. The third-order valence-corrected chi connectivity index (χ3v) is 6.42. The van der Waals surface area contributed by atoms with E-state index >= 15 is 0 Å². The number of furan rings is 1. The van der Waals surface area contributed by atoms with Crippen LogP contribution < -0.4 is 9.96 Å². The van der Waals surface area contributed by atoms with Crippen molar-refractivity contribution >= 4 is 28.9 Å². The molecule has 0 aliphatic carbocycles. The van der Waals surface area contributed by atoms with Gasteiger partial charge in [-0.15, -0.1) is 0 Å². The van der Waals surface area contributed by atoms with Crippen LogP contribution in [-0.4, -0.2) is 22.8 Å². The smallest absolute Gasteiger partial charge is 0.280 e. The van der Waals surface area contributed by atoms with Crippen LogP contribution in [-0.2, 0) is 14.4 Å². The fourth-order valence-electron chi connectivity index (χ4n) is 4.83. The zero-order valence-electron chi connectivity index (χ0n) is 18.8. The molecule has 1 aromatic heterocycles. The molecule has 36 heavy (non-hydrogen) atoms. The number of hydroxylamine groups is 1. The van der Waals surface area contributed by atoms with Crippen molar-refractivity contribution in [1.82, 2.24) is 0 Å². The number of anilines is 2. The maximum Gasteiger partial charge on any atom is 0.280 e. The minimum absolute atomic E-state index is 0.0961. The molecule has 3 atom stereocenters. The lowest BCUT2D eigenvalue weighted by atomic mass is 9.94. The molecule has 0 spiro atoms. The second kappa shape index (κ2) is 8.47. The number of benzene rings is 3. The number of nitro benzene ring substituents is 1. The molecule has 2 amide bonds. The molecule has 6 rings (SSSR count). The summed E-state index contributed by atoms with van der Waals surface area (Å²) in [6.07, 6.45) is -1.04. The van der Waals surface area contributed by atoms with Gasteiger partial charge in [-0.1, -0.05) is 48.5 Å². The lowest BCUT2D eigenvalue weighted by molar-refractivity contribution is -0.384. The zero-order chi connectivity index (χ0) is 24.8. The number of carbonyl (C=O) groups excluding carboxylic acids is 2. The van der Waals surface area contributed by atoms with Gasteiger partial charge in [0.1, 0.15) is 23.5 Å². The average molecular weight is 481 g/mol. The molecule has 0 bridgehead atoms. The number of rotatable bonds is 5. The molecule has 2 fully saturated rings. The van der Waals surface area contributed by atoms with E-state index in [-0.39, 0.29) is 11.4 Å². The van der Waals surface area contributed by atoms with Gasteiger partial charge < -0.3 is 4.42 Å². The van der Waals surface area contributed by atoms with Crippen LogP contribution in [0, 0.1) is 16.0 Å². The van der Waals surface area contributed by atoms with E-state index in [1.165, 1.54) is 11.1 Å². The van der Waals surface area contributed by atoms with E-state index in [1.54, 1.807) is 60.7 Å². The Balaban J connectivity index is 1.44. The summed E-state index contributed by atoms with van der Waals surface area (Å²) < 4.78 is 6.12. The molecule has 178 valence electrons. The van der Waals surface area contributed by atoms with Crippen molar-refractivity contribution in [2.75, 3.05) is 9.96 Å². The van der Waals surface area contributed by atoms with Crippen LogP contribution in [0.5, 0.6) is 0 Å². The second-order valence-electron chi connectivity index (χ2n) is 8.48. The Labute approximate surface area is 205 Å². The maximum absolute atomic E-state index is 13.6. The third kappa shape index (κ3) is 3.37. The van der Waals surface area contributed by atoms with Gasteiger partial charge in [0.2, 0.25) is 5.91 Å². The Morgan fingerprint density at radius 2 is 1.39 bits per heavy atom. The number of nitro groups is 1. The van der Waals surface area contributed by atoms with Crippen molar-refractivity contribution in [1.29, 1.82) is 0 Å². The van der Waals surface area contributed by atoms with E-state index in [0.29, 0.717) is 22.7 Å². The molecule has 9 nitrogen and oxygen atoms in total. The molecule has 4 aromatic rings. The predicted octanol–water partition coefficient (Wildman–Crippen LogP) is 4.91. The van der Waals surface area contributed by atoms with Crippen molar-refractivity contribution in [3.05, 3.63) is 113 Å². The maximum atomic E-state index is 13.6. The minimum atomic E-state index is -1.04. The van der Waals surface area contributed by atoms with Gasteiger partial charge in [-0.25, -0.2) is 9.96 Å². The first-order valence-corrected chi connectivity index (χ1v) is 11.3. The van der Waals surface area contributed by atoms with Crippen molar-refractivity contribution in [3.63, 3.8) is 0 Å². The van der Waals surface area contributed by atoms with Gasteiger partial charge in [0.25, 0.3) is 11.6 Å². The Bertz CT molecular complexity index is 1470. The highest BCUT2D eigenvalue weighted by Crippen LogP contribution is 2.48. The van der Waals surface area contributed by atoms with Crippen molar-refractivity contribution < 1.29 is 23.8 Å². The van der Waals surface area contributed by atoms with Crippen LogP contribution in [0.25, 0.3) is 11.3 Å². The molecule has 3 aromatic carbocycles. The van der Waals surface area contributed by atoms with E-state index in [9.17, 15) is 19.7 Å². The molecule has 0 saturated carbocycles. The lowest BCUT2D eigenvalue weighted by Crippen LogP contribution is -2.37. The molecular formula is C27H19N3O6. The van der Waals surface area contributed by atoms with E-state index in [4.69, 9.17) is 9.25 Å². The standard InChI is InChI=1S/C27H19N3O6/c31-26-23-24(22-16-15-21(35-22)19-13-7-8-14-20(19)30(33)34)29(18-11-5-2-6-12-18)36-25(23)27(32)28(26)17-9-3-1-4-10-17/h1-16,23-25H/t23-,24-,25-/m1/s1. The Morgan fingerprint density at radius 1 is 0.750 bits per heavy atom. The largest absolute Gasteiger partial charge is 0.458 e. The lowest BCUT2D eigenvalue weighted by Gasteiger charge is -2.27. The third-order valence-electron chi connectivity index (χ3n) is 6.42. The normalized spacial score (nSPS) is 21.2. The molecule has 0 N–H and O–H groups in total. The van der Waals surface area contributed by atoms with Gasteiger partial charge in [0.15, 0.2) is 6.10 Å². The van der Waals surface area contributed by atoms with Crippen LogP contribution in [0.1, 0.15) is 11.8 Å². The topological polar surface area (TPSA) is 106 Å². The van der Waals surface area contributed by atoms with Crippen LogP contribution >= 0.6 is 0 Å². The molecule has 2 aliphatic heterocycles. The molecule has 3 heterocycles. The van der Waals surface area contributed by atoms with Crippen molar-refractivity contribution in [2.24, 2.45) is 5.92 Å². The number of amides is 2. The summed E-state index contributed by atoms with van der Waals surface area (Å²) >= 11 is 0. The van der Waals surface area contributed by atoms with Crippen molar-refractivity contribution in [3.8, 4) is 11.3 Å². The monoisotopic (exact) mass is 481 g/mol. The molecule has 0 unspecified atom stereocenters. The summed E-state index contributed by atoms with van der Waals surface area (Å²) in [5.74, 6) is -1.09. The number of hydrogen-bond donors (Lipinski definition) is 0. The molecule has 2 saturated heterocycles. The fraction of sp³-hybridized carbons (Fsp3) is 0.111. The number of para-hydroxylation sites is 3.